The summed E-state index contributed by atoms with van der Waals surface area (Å²) in [7, 11) is 0. The molecule has 1 aliphatic rings. The van der Waals surface area contributed by atoms with Crippen LogP contribution < -0.4 is 10.6 Å². The van der Waals surface area contributed by atoms with Crippen molar-refractivity contribution in [1.29, 1.82) is 0 Å². The Hall–Kier alpha value is -2.05. The van der Waals surface area contributed by atoms with Crippen molar-refractivity contribution in [1.82, 2.24) is 15.1 Å². The fourth-order valence-electron chi connectivity index (χ4n) is 3.00. The van der Waals surface area contributed by atoms with Crippen molar-refractivity contribution in [2.75, 3.05) is 11.9 Å². The summed E-state index contributed by atoms with van der Waals surface area (Å²) >= 11 is 6.05. The van der Waals surface area contributed by atoms with Gasteiger partial charge < -0.3 is 15.7 Å². The zero-order valence-corrected chi connectivity index (χ0v) is 14.3. The van der Waals surface area contributed by atoms with Crippen LogP contribution in [-0.4, -0.2) is 33.6 Å². The number of aliphatic hydroxyl groups is 1. The average molecular weight is 349 g/mol. The first-order chi connectivity index (χ1) is 11.6. The molecule has 2 amide bonds. The third-order valence-electron chi connectivity index (χ3n) is 4.33. The minimum Gasteiger partial charge on any atom is -0.396 e. The molecule has 0 atom stereocenters. The number of rotatable bonds is 5. The molecule has 24 heavy (non-hydrogen) atoms. The highest BCUT2D eigenvalue weighted by Crippen LogP contribution is 2.27. The predicted molar refractivity (Wildman–Crippen MR) is 93.7 cm³/mol. The number of amides is 2. The van der Waals surface area contributed by atoms with E-state index >= 15 is 0 Å². The average Bonchev–Trinajstić information content (AvgIpc) is 2.93. The molecule has 0 radical (unpaired) electrons. The number of halogens is 1. The Bertz CT molecular complexity index is 725. The van der Waals surface area contributed by atoms with Gasteiger partial charge in [-0.25, -0.2) is 9.48 Å². The fraction of sp³-hybridized carbons (Fsp3) is 0.412. The van der Waals surface area contributed by atoms with Crippen molar-refractivity contribution in [3.63, 3.8) is 0 Å². The second-order valence-electron chi connectivity index (χ2n) is 6.07. The highest BCUT2D eigenvalue weighted by atomic mass is 35.5. The van der Waals surface area contributed by atoms with Crippen LogP contribution in [0.25, 0.3) is 5.69 Å². The number of carbonyl (C=O) groups is 1. The Morgan fingerprint density at radius 1 is 1.46 bits per heavy atom. The Balaban J connectivity index is 1.69. The maximum Gasteiger partial charge on any atom is 0.319 e. The SMILES string of the molecule is CCc1c(NC(=O)NC2CC(CO)C2)cnn1-c1cccc(Cl)c1. The molecule has 0 bridgehead atoms. The van der Waals surface area contributed by atoms with E-state index in [-0.39, 0.29) is 18.7 Å². The summed E-state index contributed by atoms with van der Waals surface area (Å²) in [6.07, 6.45) is 4.02. The maximum absolute atomic E-state index is 12.1. The minimum absolute atomic E-state index is 0.134. The van der Waals surface area contributed by atoms with Gasteiger partial charge in [0.1, 0.15) is 0 Å². The molecular weight excluding hydrogens is 328 g/mol. The van der Waals surface area contributed by atoms with Crippen LogP contribution in [0.5, 0.6) is 0 Å². The van der Waals surface area contributed by atoms with Crippen molar-refractivity contribution in [3.8, 4) is 5.69 Å². The molecule has 1 aromatic carbocycles. The second kappa shape index (κ2) is 7.23. The standard InChI is InChI=1S/C17H21ClN4O2/c1-2-16-15(21-17(24)20-13-6-11(7-13)10-23)9-19-22(16)14-5-3-4-12(18)8-14/h3-5,8-9,11,13,23H,2,6-7,10H2,1H3,(H2,20,21,24). The fourth-order valence-corrected chi connectivity index (χ4v) is 3.18. The molecule has 2 aromatic rings. The molecule has 7 heteroatoms. The monoisotopic (exact) mass is 348 g/mol. The second-order valence-corrected chi connectivity index (χ2v) is 6.50. The van der Waals surface area contributed by atoms with Crippen molar-refractivity contribution < 1.29 is 9.90 Å². The molecular formula is C17H21ClN4O2. The van der Waals surface area contributed by atoms with Gasteiger partial charge in [-0.1, -0.05) is 24.6 Å². The van der Waals surface area contributed by atoms with E-state index in [0.717, 1.165) is 30.6 Å². The summed E-state index contributed by atoms with van der Waals surface area (Å²) < 4.78 is 1.78. The Morgan fingerprint density at radius 3 is 2.92 bits per heavy atom. The number of hydrogen-bond acceptors (Lipinski definition) is 3. The molecule has 0 saturated heterocycles. The van der Waals surface area contributed by atoms with Gasteiger partial charge in [-0.15, -0.1) is 0 Å². The smallest absolute Gasteiger partial charge is 0.319 e. The van der Waals surface area contributed by atoms with Gasteiger partial charge in [0.2, 0.25) is 0 Å². The number of aromatic nitrogens is 2. The van der Waals surface area contributed by atoms with Crippen LogP contribution in [0.3, 0.4) is 0 Å². The van der Waals surface area contributed by atoms with Gasteiger partial charge in [-0.2, -0.15) is 5.10 Å². The van der Waals surface area contributed by atoms with Crippen LogP contribution in [0.4, 0.5) is 10.5 Å². The van der Waals surface area contributed by atoms with Gasteiger partial charge in [-0.05, 0) is 43.4 Å². The predicted octanol–water partition coefficient (Wildman–Crippen LogP) is 2.98. The minimum atomic E-state index is -0.239. The van der Waals surface area contributed by atoms with E-state index in [2.05, 4.69) is 15.7 Å². The Labute approximate surface area is 145 Å². The Kier molecular flexibility index (Phi) is 5.06. The summed E-state index contributed by atoms with van der Waals surface area (Å²) in [6.45, 7) is 2.20. The lowest BCUT2D eigenvalue weighted by Gasteiger charge is -2.34. The molecule has 3 rings (SSSR count). The van der Waals surface area contributed by atoms with Crippen molar-refractivity contribution in [2.24, 2.45) is 5.92 Å². The lowest BCUT2D eigenvalue weighted by molar-refractivity contribution is 0.130. The van der Waals surface area contributed by atoms with Crippen LogP contribution in [0.15, 0.2) is 30.5 Å². The topological polar surface area (TPSA) is 79.2 Å². The summed E-state index contributed by atoms with van der Waals surface area (Å²) in [5, 5.41) is 19.8. The van der Waals surface area contributed by atoms with Crippen LogP contribution >= 0.6 is 11.6 Å². The van der Waals surface area contributed by atoms with E-state index < -0.39 is 0 Å². The summed E-state index contributed by atoms with van der Waals surface area (Å²) in [5.74, 6) is 0.312. The Morgan fingerprint density at radius 2 is 2.25 bits per heavy atom. The van der Waals surface area contributed by atoms with Crippen LogP contribution in [-0.2, 0) is 6.42 Å². The van der Waals surface area contributed by atoms with Crippen LogP contribution in [0.2, 0.25) is 5.02 Å². The van der Waals surface area contributed by atoms with Gasteiger partial charge in [-0.3, -0.25) is 0 Å². The molecule has 3 N–H and O–H groups in total. The van der Waals surface area contributed by atoms with Gasteiger partial charge in [0.05, 0.1) is 23.3 Å². The number of hydrogen-bond donors (Lipinski definition) is 3. The number of carbonyl (C=O) groups excluding carboxylic acids is 1. The zero-order chi connectivity index (χ0) is 17.1. The zero-order valence-electron chi connectivity index (χ0n) is 13.5. The van der Waals surface area contributed by atoms with Crippen LogP contribution in [0.1, 0.15) is 25.5 Å². The first-order valence-corrected chi connectivity index (χ1v) is 8.49. The number of urea groups is 1. The van der Waals surface area contributed by atoms with Crippen molar-refractivity contribution in [2.45, 2.75) is 32.2 Å². The lowest BCUT2D eigenvalue weighted by atomic mass is 9.81. The first-order valence-electron chi connectivity index (χ1n) is 8.12. The lowest BCUT2D eigenvalue weighted by Crippen LogP contribution is -2.46. The van der Waals surface area contributed by atoms with Gasteiger partial charge >= 0.3 is 6.03 Å². The molecule has 6 nitrogen and oxygen atoms in total. The summed E-state index contributed by atoms with van der Waals surface area (Å²) in [6, 6.07) is 7.33. The third kappa shape index (κ3) is 3.55. The highest BCUT2D eigenvalue weighted by molar-refractivity contribution is 6.30. The van der Waals surface area contributed by atoms with E-state index in [1.807, 2.05) is 31.2 Å². The van der Waals surface area contributed by atoms with E-state index in [1.165, 1.54) is 0 Å². The van der Waals surface area contributed by atoms with E-state index in [0.29, 0.717) is 16.6 Å². The third-order valence-corrected chi connectivity index (χ3v) is 4.57. The molecule has 0 unspecified atom stereocenters. The largest absolute Gasteiger partial charge is 0.396 e. The van der Waals surface area contributed by atoms with Crippen molar-refractivity contribution >= 4 is 23.3 Å². The molecule has 128 valence electrons. The molecule has 1 heterocycles. The quantitative estimate of drug-likeness (QED) is 0.777. The van der Waals surface area contributed by atoms with Gasteiger partial charge in [0.25, 0.3) is 0 Å². The van der Waals surface area contributed by atoms with Crippen LogP contribution in [0, 0.1) is 5.92 Å². The summed E-state index contributed by atoms with van der Waals surface area (Å²) in [4.78, 5) is 12.1. The van der Waals surface area contributed by atoms with E-state index in [1.54, 1.807) is 10.9 Å². The molecule has 0 spiro atoms. The number of nitrogens with zero attached hydrogens (tertiary/aromatic N) is 2. The molecule has 0 aliphatic heterocycles. The molecule has 1 saturated carbocycles. The highest BCUT2D eigenvalue weighted by Gasteiger charge is 2.29. The molecule has 1 fully saturated rings. The van der Waals surface area contributed by atoms with Gasteiger partial charge in [0, 0.05) is 17.7 Å². The first kappa shape index (κ1) is 16.8. The van der Waals surface area contributed by atoms with E-state index in [9.17, 15) is 4.79 Å². The van der Waals surface area contributed by atoms with Crippen molar-refractivity contribution in [3.05, 3.63) is 41.2 Å². The molecule has 1 aliphatic carbocycles. The summed E-state index contributed by atoms with van der Waals surface area (Å²) in [5.41, 5.74) is 2.46. The maximum atomic E-state index is 12.1. The number of aliphatic hydroxyl groups excluding tert-OH is 1. The van der Waals surface area contributed by atoms with E-state index in [4.69, 9.17) is 16.7 Å². The van der Waals surface area contributed by atoms with Gasteiger partial charge in [0.15, 0.2) is 0 Å². The molecule has 1 aromatic heterocycles. The number of nitrogens with one attached hydrogen (secondary N) is 2. The number of benzene rings is 1. The number of anilines is 1. The normalized spacial score (nSPS) is 19.6.